The third kappa shape index (κ3) is 3.14. The van der Waals surface area contributed by atoms with Crippen LogP contribution in [0.15, 0.2) is 54.7 Å². The predicted octanol–water partition coefficient (Wildman–Crippen LogP) is 3.87. The first-order valence-corrected chi connectivity index (χ1v) is 10.6. The van der Waals surface area contributed by atoms with Crippen molar-refractivity contribution >= 4 is 11.0 Å². The molecule has 0 aliphatic carbocycles. The summed E-state index contributed by atoms with van der Waals surface area (Å²) in [5.74, 6) is 0.666. The third-order valence-electron chi connectivity index (χ3n) is 6.05. The fraction of sp³-hybridized carbons (Fsp3) is 0.120. The van der Waals surface area contributed by atoms with Crippen LogP contribution in [0.2, 0.25) is 0 Å². The Balaban J connectivity index is 1.36. The highest BCUT2D eigenvalue weighted by molar-refractivity contribution is 5.84. The largest absolute Gasteiger partial charge is 0.504 e. The topological polar surface area (TPSA) is 115 Å². The molecule has 0 atom stereocenters. The Labute approximate surface area is 189 Å². The van der Waals surface area contributed by atoms with Gasteiger partial charge < -0.3 is 15.4 Å². The average Bonchev–Trinajstić information content (AvgIpc) is 3.54. The summed E-state index contributed by atoms with van der Waals surface area (Å²) in [6.45, 7) is 1.71. The smallest absolute Gasteiger partial charge is 0.173 e. The van der Waals surface area contributed by atoms with Crippen LogP contribution in [0, 0.1) is 11.3 Å². The molecule has 0 fully saturated rings. The molecule has 160 valence electrons. The van der Waals surface area contributed by atoms with E-state index >= 15 is 0 Å². The van der Waals surface area contributed by atoms with Crippen LogP contribution in [0.5, 0.6) is 5.75 Å². The summed E-state index contributed by atoms with van der Waals surface area (Å²) in [5.41, 5.74) is 8.42. The van der Waals surface area contributed by atoms with Gasteiger partial charge in [0.25, 0.3) is 0 Å². The number of aromatic hydroxyl groups is 1. The van der Waals surface area contributed by atoms with Crippen LogP contribution < -0.4 is 5.32 Å². The summed E-state index contributed by atoms with van der Waals surface area (Å²) in [5, 5.41) is 27.9. The minimum Gasteiger partial charge on any atom is -0.504 e. The molecular weight excluding hydrogens is 414 g/mol. The molecule has 5 aromatic rings. The highest BCUT2D eigenvalue weighted by atomic mass is 16.3. The van der Waals surface area contributed by atoms with Crippen LogP contribution in [0.3, 0.4) is 0 Å². The zero-order chi connectivity index (χ0) is 22.5. The van der Waals surface area contributed by atoms with Gasteiger partial charge in [-0.3, -0.25) is 4.68 Å². The van der Waals surface area contributed by atoms with Crippen molar-refractivity contribution in [3.63, 3.8) is 0 Å². The van der Waals surface area contributed by atoms with Gasteiger partial charge in [-0.05, 0) is 41.0 Å². The summed E-state index contributed by atoms with van der Waals surface area (Å²) >= 11 is 0. The molecule has 3 N–H and O–H groups in total. The Morgan fingerprint density at radius 2 is 1.73 bits per heavy atom. The fourth-order valence-electron chi connectivity index (χ4n) is 4.34. The third-order valence-corrected chi connectivity index (χ3v) is 6.05. The van der Waals surface area contributed by atoms with Crippen molar-refractivity contribution in [1.82, 2.24) is 30.0 Å². The van der Waals surface area contributed by atoms with Gasteiger partial charge in [0.1, 0.15) is 23.2 Å². The second-order valence-electron chi connectivity index (χ2n) is 8.12. The van der Waals surface area contributed by atoms with E-state index in [9.17, 15) is 5.11 Å². The van der Waals surface area contributed by atoms with E-state index < -0.39 is 0 Å². The first-order chi connectivity index (χ1) is 16.1. The Morgan fingerprint density at radius 3 is 2.45 bits per heavy atom. The van der Waals surface area contributed by atoms with Crippen LogP contribution in [0.1, 0.15) is 16.8 Å². The number of aryl methyl sites for hydroxylation is 1. The molecule has 3 aromatic heterocycles. The molecule has 0 bridgehead atoms. The highest BCUT2D eigenvalue weighted by Gasteiger charge is 2.22. The van der Waals surface area contributed by atoms with Crippen LogP contribution in [-0.2, 0) is 20.1 Å². The Kier molecular flexibility index (Phi) is 4.25. The zero-order valence-corrected chi connectivity index (χ0v) is 17.8. The van der Waals surface area contributed by atoms with Gasteiger partial charge in [0.05, 0.1) is 11.0 Å². The van der Waals surface area contributed by atoms with Crippen molar-refractivity contribution in [2.24, 2.45) is 7.05 Å². The van der Waals surface area contributed by atoms with Gasteiger partial charge in [-0.1, -0.05) is 24.3 Å². The maximum Gasteiger partial charge on any atom is 0.173 e. The van der Waals surface area contributed by atoms with Crippen molar-refractivity contribution in [3.05, 3.63) is 71.5 Å². The van der Waals surface area contributed by atoms with Crippen LogP contribution in [0.4, 0.5) is 0 Å². The second kappa shape index (κ2) is 7.29. The van der Waals surface area contributed by atoms with E-state index in [1.165, 1.54) is 11.1 Å². The minimum atomic E-state index is 0.0820. The molecule has 8 nitrogen and oxygen atoms in total. The minimum absolute atomic E-state index is 0.0820. The molecule has 4 heterocycles. The Bertz CT molecular complexity index is 1510. The van der Waals surface area contributed by atoms with E-state index in [2.05, 4.69) is 32.5 Å². The van der Waals surface area contributed by atoms with Crippen LogP contribution in [-0.4, -0.2) is 29.8 Å². The molecule has 1 aliphatic heterocycles. The highest BCUT2D eigenvalue weighted by Crippen LogP contribution is 2.38. The monoisotopic (exact) mass is 433 g/mol. The van der Waals surface area contributed by atoms with Gasteiger partial charge in [-0.25, -0.2) is 9.97 Å². The van der Waals surface area contributed by atoms with Crippen molar-refractivity contribution in [2.75, 3.05) is 0 Å². The molecule has 1 aliphatic rings. The summed E-state index contributed by atoms with van der Waals surface area (Å²) in [6.07, 6.45) is 1.68. The quantitative estimate of drug-likeness (QED) is 0.398. The maximum absolute atomic E-state index is 11.1. The van der Waals surface area contributed by atoms with Gasteiger partial charge in [0, 0.05) is 37.5 Å². The summed E-state index contributed by atoms with van der Waals surface area (Å²) in [7, 11) is 1.80. The number of nitriles is 1. The fourth-order valence-corrected chi connectivity index (χ4v) is 4.34. The molecule has 0 amide bonds. The lowest BCUT2D eigenvalue weighted by Crippen LogP contribution is -1.99. The number of H-pyrrole nitrogens is 1. The lowest BCUT2D eigenvalue weighted by Gasteiger charge is -2.03. The van der Waals surface area contributed by atoms with E-state index in [0.29, 0.717) is 22.9 Å². The number of aromatic amines is 1. The molecular formula is C25H19N7O. The molecule has 0 unspecified atom stereocenters. The van der Waals surface area contributed by atoms with E-state index in [1.54, 1.807) is 24.0 Å². The van der Waals surface area contributed by atoms with E-state index in [1.807, 2.05) is 36.4 Å². The summed E-state index contributed by atoms with van der Waals surface area (Å²) < 4.78 is 1.65. The van der Waals surface area contributed by atoms with Gasteiger partial charge in [0.15, 0.2) is 11.6 Å². The van der Waals surface area contributed by atoms with Crippen LogP contribution >= 0.6 is 0 Å². The second-order valence-corrected chi connectivity index (χ2v) is 8.12. The number of benzene rings is 2. The zero-order valence-electron chi connectivity index (χ0n) is 17.8. The molecule has 0 saturated carbocycles. The number of rotatable bonds is 3. The van der Waals surface area contributed by atoms with Crippen molar-refractivity contribution in [2.45, 2.75) is 13.1 Å². The molecule has 8 heteroatoms. The number of imidazole rings is 1. The first kappa shape index (κ1) is 19.2. The molecule has 0 radical (unpaired) electrons. The summed E-state index contributed by atoms with van der Waals surface area (Å²) in [6, 6.07) is 17.5. The number of fused-ring (bicyclic) bond motifs is 2. The van der Waals surface area contributed by atoms with Crippen molar-refractivity contribution in [1.29, 1.82) is 5.26 Å². The SMILES string of the molecule is Cn1nc(-c2ccc(-c3ccc(C#N)nc3)cc2)c(O)c1-c1nc2cc3c(cc2[nH]1)CNC3. The lowest BCUT2D eigenvalue weighted by molar-refractivity contribution is 0.478. The number of nitrogens with one attached hydrogen (secondary N) is 2. The Morgan fingerprint density at radius 1 is 1.00 bits per heavy atom. The number of aromatic nitrogens is 5. The maximum atomic E-state index is 11.1. The van der Waals surface area contributed by atoms with E-state index in [0.717, 1.165) is 40.8 Å². The molecule has 33 heavy (non-hydrogen) atoms. The number of pyridine rings is 1. The van der Waals surface area contributed by atoms with E-state index in [4.69, 9.17) is 10.2 Å². The summed E-state index contributed by atoms with van der Waals surface area (Å²) in [4.78, 5) is 12.2. The van der Waals surface area contributed by atoms with E-state index in [-0.39, 0.29) is 5.75 Å². The first-order valence-electron chi connectivity index (χ1n) is 10.6. The molecule has 0 saturated heterocycles. The lowest BCUT2D eigenvalue weighted by atomic mass is 10.0. The van der Waals surface area contributed by atoms with Gasteiger partial charge >= 0.3 is 0 Å². The van der Waals surface area contributed by atoms with Gasteiger partial charge in [-0.2, -0.15) is 10.4 Å². The average molecular weight is 433 g/mol. The predicted molar refractivity (Wildman–Crippen MR) is 124 cm³/mol. The molecule has 0 spiro atoms. The van der Waals surface area contributed by atoms with Crippen LogP contribution in [0.25, 0.3) is 44.9 Å². The molecule has 2 aromatic carbocycles. The number of nitrogens with zero attached hydrogens (tertiary/aromatic N) is 5. The number of hydrogen-bond acceptors (Lipinski definition) is 6. The number of hydrogen-bond donors (Lipinski definition) is 3. The van der Waals surface area contributed by atoms with Crippen molar-refractivity contribution < 1.29 is 5.11 Å². The van der Waals surface area contributed by atoms with Crippen molar-refractivity contribution in [3.8, 4) is 45.7 Å². The standard InChI is InChI=1S/C25H19N7O/c1-32-23(25-29-20-8-17-11-27-12-18(17)9-21(20)30-25)24(33)22(31-32)15-4-2-14(3-5-15)16-6-7-19(10-26)28-13-16/h2-9,13,27,33H,11-12H2,1H3,(H,29,30). The molecule has 6 rings (SSSR count). The van der Waals surface area contributed by atoms with Gasteiger partial charge in [0.2, 0.25) is 0 Å². The Hall–Kier alpha value is -4.48. The van der Waals surface area contributed by atoms with Gasteiger partial charge in [-0.15, -0.1) is 0 Å². The normalized spacial score (nSPS) is 12.7.